The summed E-state index contributed by atoms with van der Waals surface area (Å²) in [6.07, 6.45) is 0.323. The van der Waals surface area contributed by atoms with E-state index in [1.165, 1.54) is 10.4 Å². The fourth-order valence-electron chi connectivity index (χ4n) is 5.47. The molecule has 1 saturated heterocycles. The van der Waals surface area contributed by atoms with Crippen LogP contribution < -0.4 is 10.4 Å². The Morgan fingerprint density at radius 3 is 1.90 bits per heavy atom. The molecular formula is C35H47O3Si3. The molecule has 41 heavy (non-hydrogen) atoms. The molecule has 0 aromatic heterocycles. The Morgan fingerprint density at radius 1 is 0.951 bits per heavy atom. The molecule has 2 aromatic carbocycles. The van der Waals surface area contributed by atoms with Gasteiger partial charge in [0, 0.05) is 11.8 Å². The van der Waals surface area contributed by atoms with Crippen LogP contribution in [-0.4, -0.2) is 50.7 Å². The Hall–Kier alpha value is -2.20. The second-order valence-corrected chi connectivity index (χ2v) is 24.1. The molecular weight excluding hydrogens is 553 g/mol. The topological polar surface area (TPSA) is 35.5 Å². The minimum Gasteiger partial charge on any atom is -0.400 e. The predicted molar refractivity (Wildman–Crippen MR) is 178 cm³/mol. The highest BCUT2D eigenvalue weighted by molar-refractivity contribution is 6.99. The first-order valence-electron chi connectivity index (χ1n) is 14.6. The van der Waals surface area contributed by atoms with Gasteiger partial charge in [-0.05, 0) is 32.8 Å². The lowest BCUT2D eigenvalue weighted by Crippen LogP contribution is -2.70. The van der Waals surface area contributed by atoms with Crippen molar-refractivity contribution in [2.75, 3.05) is 6.61 Å². The standard InChI is InChI=1S/C35H47O3Si3/c1-32(2,3)40(9,10)26-24-35(23-21-28(36)22-25-39)31(34(7,8)27-37-35)38-41(33(4,5)6,29-17-13-11-14-18-29)30-19-15-12-16-20-30/h11-20,31H,21,23,27H2,1-10H3/t31-,35-/m1/s1. The van der Waals surface area contributed by atoms with Crippen molar-refractivity contribution in [2.24, 2.45) is 5.41 Å². The Morgan fingerprint density at radius 2 is 1.46 bits per heavy atom. The van der Waals surface area contributed by atoms with Crippen LogP contribution in [0.15, 0.2) is 60.7 Å². The van der Waals surface area contributed by atoms with Crippen LogP contribution in [0.2, 0.25) is 23.2 Å². The molecule has 2 atom stereocenters. The molecule has 2 aromatic rings. The van der Waals surface area contributed by atoms with Crippen LogP contribution in [0.3, 0.4) is 0 Å². The van der Waals surface area contributed by atoms with E-state index in [1.807, 2.05) is 0 Å². The lowest BCUT2D eigenvalue weighted by Gasteiger charge is -2.48. The zero-order chi connectivity index (χ0) is 30.7. The monoisotopic (exact) mass is 599 g/mol. The first kappa shape index (κ1) is 33.3. The third-order valence-electron chi connectivity index (χ3n) is 8.93. The summed E-state index contributed by atoms with van der Waals surface area (Å²) < 4.78 is 14.5. The first-order chi connectivity index (χ1) is 18.9. The molecule has 1 fully saturated rings. The molecule has 0 saturated carbocycles. The van der Waals surface area contributed by atoms with E-state index in [-0.39, 0.29) is 33.8 Å². The van der Waals surface area contributed by atoms with Gasteiger partial charge in [-0.1, -0.05) is 135 Å². The van der Waals surface area contributed by atoms with Crippen molar-refractivity contribution in [3.63, 3.8) is 0 Å². The number of Topliss-reactive ketones (excluding diaryl/α,β-unsaturated/α-hetero) is 1. The summed E-state index contributed by atoms with van der Waals surface area (Å²) in [6.45, 7) is 23.2. The maximum absolute atomic E-state index is 12.7. The quantitative estimate of drug-likeness (QED) is 0.279. The third-order valence-corrected chi connectivity index (χ3v) is 18.6. The first-order valence-corrected chi connectivity index (χ1v) is 20.0. The fourth-order valence-corrected chi connectivity index (χ4v) is 11.4. The van der Waals surface area contributed by atoms with Gasteiger partial charge in [0.2, 0.25) is 5.78 Å². The molecule has 3 radical (unpaired) electrons. The maximum Gasteiger partial charge on any atom is 0.261 e. The largest absolute Gasteiger partial charge is 0.400 e. The van der Waals surface area contributed by atoms with E-state index in [4.69, 9.17) is 9.16 Å². The van der Waals surface area contributed by atoms with Crippen LogP contribution in [0.5, 0.6) is 0 Å². The normalized spacial score (nSPS) is 20.9. The highest BCUT2D eigenvalue weighted by Crippen LogP contribution is 2.48. The lowest BCUT2D eigenvalue weighted by molar-refractivity contribution is -0.115. The Kier molecular flexibility index (Phi) is 9.90. The number of ketones is 1. The van der Waals surface area contributed by atoms with Crippen LogP contribution in [0, 0.1) is 28.3 Å². The number of rotatable bonds is 7. The van der Waals surface area contributed by atoms with Gasteiger partial charge in [-0.3, -0.25) is 4.79 Å². The molecule has 0 aliphatic carbocycles. The average molecular weight is 600 g/mol. The van der Waals surface area contributed by atoms with Gasteiger partial charge in [0.25, 0.3) is 8.32 Å². The number of ether oxygens (including phenoxy) is 1. The number of carbonyl (C=O) groups excluding carboxylic acids is 1. The Bertz CT molecular complexity index is 1290. The van der Waals surface area contributed by atoms with Crippen molar-refractivity contribution < 1.29 is 14.0 Å². The summed E-state index contributed by atoms with van der Waals surface area (Å²) in [5, 5.41) is 2.31. The van der Waals surface area contributed by atoms with Gasteiger partial charge in [0.05, 0.1) is 12.7 Å². The zero-order valence-electron chi connectivity index (χ0n) is 26.7. The highest BCUT2D eigenvalue weighted by atomic mass is 28.4. The van der Waals surface area contributed by atoms with Crippen LogP contribution in [0.1, 0.15) is 68.2 Å². The van der Waals surface area contributed by atoms with E-state index in [0.29, 0.717) is 13.0 Å². The molecule has 0 bridgehead atoms. The molecule has 1 heterocycles. The van der Waals surface area contributed by atoms with Crippen LogP contribution >= 0.6 is 0 Å². The molecule has 0 spiro atoms. The lowest BCUT2D eigenvalue weighted by atomic mass is 9.79. The fraction of sp³-hybridized carbons (Fsp3) is 0.514. The molecule has 0 amide bonds. The highest BCUT2D eigenvalue weighted by Gasteiger charge is 2.60. The molecule has 3 nitrogen and oxygen atoms in total. The second kappa shape index (κ2) is 12.2. The van der Waals surface area contributed by atoms with Gasteiger partial charge >= 0.3 is 0 Å². The van der Waals surface area contributed by atoms with Crippen molar-refractivity contribution in [3.8, 4) is 22.9 Å². The van der Waals surface area contributed by atoms with Crippen molar-refractivity contribution in [2.45, 2.75) is 103 Å². The number of hydrogen-bond acceptors (Lipinski definition) is 3. The molecule has 0 N–H and O–H groups in total. The van der Waals surface area contributed by atoms with Gasteiger partial charge in [-0.2, -0.15) is 0 Å². The van der Waals surface area contributed by atoms with Crippen LogP contribution in [-0.2, 0) is 14.0 Å². The van der Waals surface area contributed by atoms with Gasteiger partial charge < -0.3 is 9.16 Å². The number of hydrogen-bond donors (Lipinski definition) is 0. The molecule has 6 heteroatoms. The SMILES string of the molecule is CC1(C)CO[C@@](C#C[Si](C)(C)C(C)(C)C)(CCC(=O)C#C[Si])[C@@H]1O[Si](c1ccccc1)(c1ccccc1)C(C)(C)C. The summed E-state index contributed by atoms with van der Waals surface area (Å²) >= 11 is 0. The molecule has 217 valence electrons. The molecule has 1 aliphatic rings. The minimum atomic E-state index is -2.93. The summed E-state index contributed by atoms with van der Waals surface area (Å²) in [5.41, 5.74) is 5.05. The van der Waals surface area contributed by atoms with E-state index >= 15 is 0 Å². The van der Waals surface area contributed by atoms with Crippen LogP contribution in [0.25, 0.3) is 0 Å². The zero-order valence-corrected chi connectivity index (χ0v) is 29.7. The Labute approximate surface area is 254 Å². The summed E-state index contributed by atoms with van der Waals surface area (Å²) in [4.78, 5) is 12.7. The molecule has 1 aliphatic heterocycles. The van der Waals surface area contributed by atoms with Gasteiger partial charge in [-0.25, -0.2) is 0 Å². The van der Waals surface area contributed by atoms with Crippen molar-refractivity contribution in [1.29, 1.82) is 0 Å². The van der Waals surface area contributed by atoms with Gasteiger partial charge in [-0.15, -0.1) is 11.1 Å². The predicted octanol–water partition coefficient (Wildman–Crippen LogP) is 6.26. The summed E-state index contributed by atoms with van der Waals surface area (Å²) in [5.74, 6) is 6.20. The van der Waals surface area contributed by atoms with Crippen LogP contribution in [0.4, 0.5) is 0 Å². The smallest absolute Gasteiger partial charge is 0.261 e. The summed E-state index contributed by atoms with van der Waals surface area (Å²) in [6, 6.07) is 21.4. The van der Waals surface area contributed by atoms with Gasteiger partial charge in [0.1, 0.15) is 18.3 Å². The summed E-state index contributed by atoms with van der Waals surface area (Å²) in [7, 11) is -1.79. The van der Waals surface area contributed by atoms with E-state index in [1.54, 1.807) is 0 Å². The second-order valence-electron chi connectivity index (χ2n) is 14.6. The number of benzene rings is 2. The minimum absolute atomic E-state index is 0.0840. The molecule has 0 unspecified atom stereocenters. The van der Waals surface area contributed by atoms with E-state index in [2.05, 4.69) is 162 Å². The van der Waals surface area contributed by atoms with Crippen molar-refractivity contribution in [1.82, 2.24) is 0 Å². The van der Waals surface area contributed by atoms with E-state index in [9.17, 15) is 4.79 Å². The third kappa shape index (κ3) is 6.90. The van der Waals surface area contributed by atoms with Gasteiger partial charge in [0.15, 0.2) is 5.60 Å². The Balaban J connectivity index is 2.31. The average Bonchev–Trinajstić information content (AvgIpc) is 3.14. The van der Waals surface area contributed by atoms with E-state index < -0.39 is 22.0 Å². The maximum atomic E-state index is 12.7. The number of carbonyl (C=O) groups is 1. The van der Waals surface area contributed by atoms with Crippen molar-refractivity contribution in [3.05, 3.63) is 60.7 Å². The molecule has 3 rings (SSSR count). The van der Waals surface area contributed by atoms with E-state index in [0.717, 1.165) is 0 Å². The van der Waals surface area contributed by atoms with Crippen molar-refractivity contribution >= 4 is 42.8 Å².